The second kappa shape index (κ2) is 5.98. The third kappa shape index (κ3) is 4.01. The van der Waals surface area contributed by atoms with E-state index in [-0.39, 0.29) is 4.90 Å². The van der Waals surface area contributed by atoms with Gasteiger partial charge < -0.3 is 0 Å². The van der Waals surface area contributed by atoms with E-state index >= 15 is 0 Å². The number of nitrogens with zero attached hydrogens (tertiary/aromatic N) is 3. The molecular formula is C12H11ClN4O2S. The van der Waals surface area contributed by atoms with Crippen molar-refractivity contribution in [3.8, 4) is 0 Å². The van der Waals surface area contributed by atoms with E-state index in [1.165, 1.54) is 12.1 Å². The fourth-order valence-corrected chi connectivity index (χ4v) is 2.08. The number of hydrogen-bond acceptors (Lipinski definition) is 6. The van der Waals surface area contributed by atoms with Gasteiger partial charge in [-0.3, -0.25) is 5.43 Å². The molecule has 0 spiro atoms. The van der Waals surface area contributed by atoms with Crippen molar-refractivity contribution in [2.24, 2.45) is 5.10 Å². The number of hydrogen-bond donors (Lipinski definition) is 1. The number of sulfone groups is 1. The van der Waals surface area contributed by atoms with Gasteiger partial charge in [0.25, 0.3) is 0 Å². The van der Waals surface area contributed by atoms with Gasteiger partial charge in [-0.2, -0.15) is 5.10 Å². The zero-order chi connectivity index (χ0) is 14.6. The standard InChI is InChI=1S/C12H11ClN4O2S/c1-20(18,19)10-4-2-9(3-5-10)8-14-16-12-7-6-11(13)15-17-12/h2-8H,1H3,(H,16,17)/b14-8+. The minimum absolute atomic E-state index is 0.270. The first-order valence-corrected chi connectivity index (χ1v) is 7.80. The van der Waals surface area contributed by atoms with Crippen molar-refractivity contribution >= 4 is 33.5 Å². The van der Waals surface area contributed by atoms with E-state index in [2.05, 4.69) is 20.7 Å². The van der Waals surface area contributed by atoms with Crippen molar-refractivity contribution in [1.82, 2.24) is 10.2 Å². The van der Waals surface area contributed by atoms with Crippen LogP contribution in [0.5, 0.6) is 0 Å². The van der Waals surface area contributed by atoms with Gasteiger partial charge in [-0.05, 0) is 29.8 Å². The van der Waals surface area contributed by atoms with E-state index in [0.717, 1.165) is 11.8 Å². The minimum Gasteiger partial charge on any atom is -0.260 e. The van der Waals surface area contributed by atoms with Crippen LogP contribution in [0, 0.1) is 0 Å². The van der Waals surface area contributed by atoms with Gasteiger partial charge in [-0.1, -0.05) is 23.7 Å². The highest BCUT2D eigenvalue weighted by Crippen LogP contribution is 2.09. The van der Waals surface area contributed by atoms with Crippen LogP contribution >= 0.6 is 11.6 Å². The molecule has 0 unspecified atom stereocenters. The van der Waals surface area contributed by atoms with Crippen LogP contribution in [0.15, 0.2) is 46.4 Å². The highest BCUT2D eigenvalue weighted by molar-refractivity contribution is 7.90. The summed E-state index contributed by atoms with van der Waals surface area (Å²) in [6, 6.07) is 9.61. The SMILES string of the molecule is CS(=O)(=O)c1ccc(/C=N/Nc2ccc(Cl)nn2)cc1. The van der Waals surface area contributed by atoms with Crippen LogP contribution in [0.4, 0.5) is 5.82 Å². The van der Waals surface area contributed by atoms with Crippen molar-refractivity contribution < 1.29 is 8.42 Å². The lowest BCUT2D eigenvalue weighted by Crippen LogP contribution is -1.97. The Kier molecular flexibility index (Phi) is 4.31. The van der Waals surface area contributed by atoms with Gasteiger partial charge in [0.15, 0.2) is 20.8 Å². The molecule has 0 atom stereocenters. The van der Waals surface area contributed by atoms with Crippen molar-refractivity contribution in [2.75, 3.05) is 11.7 Å². The minimum atomic E-state index is -3.18. The molecule has 0 bridgehead atoms. The van der Waals surface area contributed by atoms with Crippen LogP contribution in [-0.2, 0) is 9.84 Å². The average molecular weight is 311 g/mol. The molecule has 0 saturated heterocycles. The largest absolute Gasteiger partial charge is 0.260 e. The Morgan fingerprint density at radius 1 is 1.15 bits per heavy atom. The Morgan fingerprint density at radius 2 is 1.85 bits per heavy atom. The molecule has 0 fully saturated rings. The molecular weight excluding hydrogens is 300 g/mol. The summed E-state index contributed by atoms with van der Waals surface area (Å²) < 4.78 is 22.6. The van der Waals surface area contributed by atoms with Crippen molar-refractivity contribution in [2.45, 2.75) is 4.90 Å². The van der Waals surface area contributed by atoms with Crippen molar-refractivity contribution in [1.29, 1.82) is 0 Å². The molecule has 1 N–H and O–H groups in total. The second-order valence-electron chi connectivity index (χ2n) is 3.95. The zero-order valence-electron chi connectivity index (χ0n) is 10.5. The predicted molar refractivity (Wildman–Crippen MR) is 77.8 cm³/mol. The quantitative estimate of drug-likeness (QED) is 0.689. The molecule has 1 aromatic carbocycles. The summed E-state index contributed by atoms with van der Waals surface area (Å²) in [5, 5.41) is 11.7. The molecule has 6 nitrogen and oxygen atoms in total. The number of anilines is 1. The Hall–Kier alpha value is -1.99. The van der Waals surface area contributed by atoms with E-state index in [1.807, 2.05) is 0 Å². The lowest BCUT2D eigenvalue weighted by molar-refractivity contribution is 0.602. The summed E-state index contributed by atoms with van der Waals surface area (Å²) in [5.41, 5.74) is 3.44. The molecule has 1 heterocycles. The second-order valence-corrected chi connectivity index (χ2v) is 6.36. The van der Waals surface area contributed by atoms with Crippen LogP contribution in [0.3, 0.4) is 0 Å². The molecule has 0 aliphatic heterocycles. The molecule has 0 aliphatic carbocycles. The number of halogens is 1. The highest BCUT2D eigenvalue weighted by Gasteiger charge is 2.05. The van der Waals surface area contributed by atoms with Gasteiger partial charge in [-0.15, -0.1) is 10.2 Å². The molecule has 0 amide bonds. The van der Waals surface area contributed by atoms with E-state index in [4.69, 9.17) is 11.6 Å². The monoisotopic (exact) mass is 310 g/mol. The fraction of sp³-hybridized carbons (Fsp3) is 0.0833. The van der Waals surface area contributed by atoms with E-state index in [1.54, 1.807) is 30.5 Å². The summed E-state index contributed by atoms with van der Waals surface area (Å²) >= 11 is 5.60. The molecule has 0 aliphatic rings. The Labute approximate surface area is 121 Å². The Bertz CT molecular complexity index is 712. The molecule has 0 radical (unpaired) electrons. The third-order valence-corrected chi connectivity index (χ3v) is 3.66. The van der Waals surface area contributed by atoms with Crippen LogP contribution in [0.2, 0.25) is 5.15 Å². The normalized spacial score (nSPS) is 11.7. The van der Waals surface area contributed by atoms with Crippen LogP contribution < -0.4 is 5.43 Å². The third-order valence-electron chi connectivity index (χ3n) is 2.33. The molecule has 2 rings (SSSR count). The van der Waals surface area contributed by atoms with Crippen molar-refractivity contribution in [3.05, 3.63) is 47.1 Å². The van der Waals surface area contributed by atoms with Crippen LogP contribution in [0.25, 0.3) is 0 Å². The number of rotatable bonds is 4. The van der Waals surface area contributed by atoms with E-state index in [0.29, 0.717) is 11.0 Å². The number of aromatic nitrogens is 2. The van der Waals surface area contributed by atoms with Crippen LogP contribution in [0.1, 0.15) is 5.56 Å². The lowest BCUT2D eigenvalue weighted by Gasteiger charge is -1.99. The Balaban J connectivity index is 2.03. The van der Waals surface area contributed by atoms with Gasteiger partial charge in [0, 0.05) is 6.26 Å². The summed E-state index contributed by atoms with van der Waals surface area (Å²) in [7, 11) is -3.18. The summed E-state index contributed by atoms with van der Waals surface area (Å²) in [6.07, 6.45) is 2.71. The molecule has 20 heavy (non-hydrogen) atoms. The first-order valence-electron chi connectivity index (χ1n) is 5.53. The number of nitrogens with one attached hydrogen (secondary N) is 1. The maximum absolute atomic E-state index is 11.3. The maximum Gasteiger partial charge on any atom is 0.175 e. The van der Waals surface area contributed by atoms with Gasteiger partial charge >= 0.3 is 0 Å². The van der Waals surface area contributed by atoms with E-state index < -0.39 is 9.84 Å². The highest BCUT2D eigenvalue weighted by atomic mass is 35.5. The first kappa shape index (κ1) is 14.4. The summed E-state index contributed by atoms with van der Waals surface area (Å²) in [4.78, 5) is 0.270. The van der Waals surface area contributed by atoms with Gasteiger partial charge in [-0.25, -0.2) is 8.42 Å². The molecule has 1 aromatic heterocycles. The molecule has 104 valence electrons. The van der Waals surface area contributed by atoms with Crippen molar-refractivity contribution in [3.63, 3.8) is 0 Å². The number of benzene rings is 1. The maximum atomic E-state index is 11.3. The summed E-state index contributed by atoms with van der Waals surface area (Å²) in [5.74, 6) is 0.457. The topological polar surface area (TPSA) is 84.3 Å². The number of hydrazone groups is 1. The van der Waals surface area contributed by atoms with Gasteiger partial charge in [0.2, 0.25) is 0 Å². The predicted octanol–water partition coefficient (Wildman–Crippen LogP) is 1.98. The first-order chi connectivity index (χ1) is 9.45. The Morgan fingerprint density at radius 3 is 2.40 bits per heavy atom. The molecule has 0 saturated carbocycles. The fourth-order valence-electron chi connectivity index (χ4n) is 1.35. The smallest absolute Gasteiger partial charge is 0.175 e. The summed E-state index contributed by atoms with van der Waals surface area (Å²) in [6.45, 7) is 0. The van der Waals surface area contributed by atoms with Gasteiger partial charge in [0.1, 0.15) is 0 Å². The average Bonchev–Trinajstić information content (AvgIpc) is 2.41. The van der Waals surface area contributed by atoms with E-state index in [9.17, 15) is 8.42 Å². The zero-order valence-corrected chi connectivity index (χ0v) is 12.1. The van der Waals surface area contributed by atoms with Crippen LogP contribution in [-0.4, -0.2) is 31.1 Å². The molecule has 2 aromatic rings. The lowest BCUT2D eigenvalue weighted by atomic mass is 10.2. The van der Waals surface area contributed by atoms with Gasteiger partial charge in [0.05, 0.1) is 11.1 Å². The molecule has 8 heteroatoms.